The summed E-state index contributed by atoms with van der Waals surface area (Å²) in [5.41, 5.74) is 0.781. The SMILES string of the molecule is O=C(Cn1cnc2scc(-c3cccs3)c2c1=O)N1CCSCC1. The fourth-order valence-corrected chi connectivity index (χ4v) is 5.38. The van der Waals surface area contributed by atoms with Gasteiger partial charge in [0.25, 0.3) is 5.56 Å². The van der Waals surface area contributed by atoms with Crippen LogP contribution in [0.3, 0.4) is 0 Å². The van der Waals surface area contributed by atoms with Crippen LogP contribution in [0.1, 0.15) is 0 Å². The van der Waals surface area contributed by atoms with Crippen LogP contribution in [0, 0.1) is 0 Å². The maximum atomic E-state index is 12.9. The van der Waals surface area contributed by atoms with Gasteiger partial charge < -0.3 is 4.90 Å². The highest BCUT2D eigenvalue weighted by Crippen LogP contribution is 2.33. The normalized spacial score (nSPS) is 15.1. The number of carbonyl (C=O) groups excluding carboxylic acids is 1. The highest BCUT2D eigenvalue weighted by molar-refractivity contribution is 7.99. The van der Waals surface area contributed by atoms with Crippen molar-refractivity contribution >= 4 is 50.6 Å². The molecular formula is C16H15N3O2S3. The molecule has 24 heavy (non-hydrogen) atoms. The quantitative estimate of drug-likeness (QED) is 0.704. The molecule has 8 heteroatoms. The molecule has 0 aromatic carbocycles. The minimum atomic E-state index is -0.135. The Balaban J connectivity index is 1.69. The standard InChI is InChI=1S/C16H15N3O2S3/c20-13(18-3-6-22-7-4-18)8-19-10-17-15-14(16(19)21)11(9-24-15)12-2-1-5-23-12/h1-2,5,9-10H,3-4,6-8H2. The summed E-state index contributed by atoms with van der Waals surface area (Å²) in [5.74, 6) is 1.92. The maximum absolute atomic E-state index is 12.9. The first-order chi connectivity index (χ1) is 11.7. The van der Waals surface area contributed by atoms with Crippen molar-refractivity contribution in [2.45, 2.75) is 6.54 Å². The molecule has 4 heterocycles. The van der Waals surface area contributed by atoms with Gasteiger partial charge in [-0.25, -0.2) is 4.98 Å². The first-order valence-electron chi connectivity index (χ1n) is 7.60. The number of thioether (sulfide) groups is 1. The molecule has 0 N–H and O–H groups in total. The Morgan fingerprint density at radius 3 is 2.83 bits per heavy atom. The highest BCUT2D eigenvalue weighted by Gasteiger charge is 2.19. The van der Waals surface area contributed by atoms with Gasteiger partial charge in [-0.15, -0.1) is 22.7 Å². The van der Waals surface area contributed by atoms with Crippen molar-refractivity contribution in [2.24, 2.45) is 0 Å². The van der Waals surface area contributed by atoms with E-state index in [4.69, 9.17) is 0 Å². The largest absolute Gasteiger partial charge is 0.339 e. The molecule has 124 valence electrons. The maximum Gasteiger partial charge on any atom is 0.263 e. The monoisotopic (exact) mass is 377 g/mol. The topological polar surface area (TPSA) is 55.2 Å². The second kappa shape index (κ2) is 6.70. The highest BCUT2D eigenvalue weighted by atomic mass is 32.2. The van der Waals surface area contributed by atoms with Crippen molar-refractivity contribution in [3.8, 4) is 10.4 Å². The van der Waals surface area contributed by atoms with Crippen LogP contribution >= 0.6 is 34.4 Å². The molecule has 4 rings (SSSR count). The molecule has 1 aliphatic rings. The Hall–Kier alpha value is -1.64. The Labute approximate surface area is 150 Å². The molecule has 0 saturated carbocycles. The molecule has 0 unspecified atom stereocenters. The zero-order valence-corrected chi connectivity index (χ0v) is 15.3. The molecule has 5 nitrogen and oxygen atoms in total. The summed E-state index contributed by atoms with van der Waals surface area (Å²) in [6.45, 7) is 1.58. The third-order valence-electron chi connectivity index (χ3n) is 4.02. The van der Waals surface area contributed by atoms with Crippen LogP contribution in [0.5, 0.6) is 0 Å². The molecule has 3 aromatic heterocycles. The predicted molar refractivity (Wildman–Crippen MR) is 101 cm³/mol. The average Bonchev–Trinajstić information content (AvgIpc) is 3.27. The smallest absolute Gasteiger partial charge is 0.263 e. The minimum absolute atomic E-state index is 0.00791. The Morgan fingerprint density at radius 2 is 2.08 bits per heavy atom. The molecular weight excluding hydrogens is 362 g/mol. The van der Waals surface area contributed by atoms with Crippen molar-refractivity contribution < 1.29 is 4.79 Å². The van der Waals surface area contributed by atoms with Gasteiger partial charge in [-0.05, 0) is 11.4 Å². The number of nitrogens with zero attached hydrogens (tertiary/aromatic N) is 3. The number of carbonyl (C=O) groups is 1. The van der Waals surface area contributed by atoms with E-state index >= 15 is 0 Å². The summed E-state index contributed by atoms with van der Waals surface area (Å²) in [6.07, 6.45) is 1.50. The van der Waals surface area contributed by atoms with Gasteiger partial charge in [0.05, 0.1) is 11.7 Å². The van der Waals surface area contributed by atoms with Gasteiger partial charge >= 0.3 is 0 Å². The van der Waals surface area contributed by atoms with Crippen LogP contribution in [0.2, 0.25) is 0 Å². The van der Waals surface area contributed by atoms with E-state index < -0.39 is 0 Å². The molecule has 3 aromatic rings. The van der Waals surface area contributed by atoms with Crippen molar-refractivity contribution in [2.75, 3.05) is 24.6 Å². The second-order valence-electron chi connectivity index (χ2n) is 5.48. The fraction of sp³-hybridized carbons (Fsp3) is 0.312. The lowest BCUT2D eigenvalue weighted by atomic mass is 10.2. The van der Waals surface area contributed by atoms with Crippen molar-refractivity contribution in [3.05, 3.63) is 39.6 Å². The predicted octanol–water partition coefficient (Wildman–Crippen LogP) is 2.76. The molecule has 0 aliphatic carbocycles. The first-order valence-corrected chi connectivity index (χ1v) is 10.5. The number of hydrogen-bond acceptors (Lipinski definition) is 6. The van der Waals surface area contributed by atoms with Crippen LogP contribution < -0.4 is 5.56 Å². The Kier molecular flexibility index (Phi) is 4.43. The summed E-state index contributed by atoms with van der Waals surface area (Å²) in [6, 6.07) is 3.97. The van der Waals surface area contributed by atoms with Gasteiger partial charge in [0.1, 0.15) is 11.4 Å². The van der Waals surface area contributed by atoms with Gasteiger partial charge in [-0.1, -0.05) is 6.07 Å². The number of thiophene rings is 2. The van der Waals surface area contributed by atoms with Crippen molar-refractivity contribution in [3.63, 3.8) is 0 Å². The molecule has 0 atom stereocenters. The van der Waals surface area contributed by atoms with Crippen LogP contribution in [0.25, 0.3) is 20.7 Å². The van der Waals surface area contributed by atoms with Crippen molar-refractivity contribution in [1.82, 2.24) is 14.5 Å². The van der Waals surface area contributed by atoms with E-state index in [1.807, 2.05) is 39.6 Å². The van der Waals surface area contributed by atoms with E-state index in [0.717, 1.165) is 39.9 Å². The molecule has 0 spiro atoms. The summed E-state index contributed by atoms with van der Waals surface area (Å²) in [7, 11) is 0. The number of fused-ring (bicyclic) bond motifs is 1. The van der Waals surface area contributed by atoms with E-state index in [1.54, 1.807) is 11.3 Å². The third kappa shape index (κ3) is 2.89. The average molecular weight is 378 g/mol. The number of aromatic nitrogens is 2. The van der Waals surface area contributed by atoms with Crippen LogP contribution in [0.15, 0.2) is 34.0 Å². The molecule has 0 radical (unpaired) electrons. The summed E-state index contributed by atoms with van der Waals surface area (Å²) < 4.78 is 1.44. The zero-order valence-electron chi connectivity index (χ0n) is 12.8. The lowest BCUT2D eigenvalue weighted by molar-refractivity contribution is -0.131. The first kappa shape index (κ1) is 15.9. The summed E-state index contributed by atoms with van der Waals surface area (Å²) >= 11 is 4.92. The van der Waals surface area contributed by atoms with Gasteiger partial charge in [0.2, 0.25) is 5.91 Å². The van der Waals surface area contributed by atoms with Crippen LogP contribution in [-0.4, -0.2) is 45.0 Å². The molecule has 0 bridgehead atoms. The molecule has 1 amide bonds. The Bertz CT molecular complexity index is 924. The van der Waals surface area contributed by atoms with Crippen LogP contribution in [-0.2, 0) is 11.3 Å². The van der Waals surface area contributed by atoms with Gasteiger partial charge in [0.15, 0.2) is 0 Å². The van der Waals surface area contributed by atoms with E-state index in [2.05, 4.69) is 4.98 Å². The lowest BCUT2D eigenvalue weighted by Crippen LogP contribution is -2.41. The molecule has 1 fully saturated rings. The van der Waals surface area contributed by atoms with E-state index in [-0.39, 0.29) is 18.0 Å². The molecule has 1 aliphatic heterocycles. The third-order valence-corrected chi connectivity index (χ3v) is 6.75. The Morgan fingerprint density at radius 1 is 1.25 bits per heavy atom. The van der Waals surface area contributed by atoms with E-state index in [9.17, 15) is 9.59 Å². The number of amides is 1. The number of hydrogen-bond donors (Lipinski definition) is 0. The van der Waals surface area contributed by atoms with Gasteiger partial charge in [-0.2, -0.15) is 11.8 Å². The lowest BCUT2D eigenvalue weighted by Gasteiger charge is -2.26. The second-order valence-corrected chi connectivity index (χ2v) is 8.51. The van der Waals surface area contributed by atoms with E-state index in [0.29, 0.717) is 5.39 Å². The summed E-state index contributed by atoms with van der Waals surface area (Å²) in [5, 5.41) is 4.58. The fourth-order valence-electron chi connectivity index (χ4n) is 2.75. The van der Waals surface area contributed by atoms with Gasteiger partial charge in [0, 0.05) is 40.4 Å². The zero-order chi connectivity index (χ0) is 16.5. The molecule has 1 saturated heterocycles. The minimum Gasteiger partial charge on any atom is -0.339 e. The van der Waals surface area contributed by atoms with E-state index in [1.165, 1.54) is 22.2 Å². The van der Waals surface area contributed by atoms with Crippen LogP contribution in [0.4, 0.5) is 0 Å². The summed E-state index contributed by atoms with van der Waals surface area (Å²) in [4.78, 5) is 33.3. The number of rotatable bonds is 3. The van der Waals surface area contributed by atoms with Crippen molar-refractivity contribution in [1.29, 1.82) is 0 Å². The van der Waals surface area contributed by atoms with Gasteiger partial charge in [-0.3, -0.25) is 14.2 Å².